The van der Waals surface area contributed by atoms with Gasteiger partial charge < -0.3 is 4.42 Å². The van der Waals surface area contributed by atoms with Crippen molar-refractivity contribution in [1.82, 2.24) is 15.1 Å². The SMILES string of the molecule is Cc1cccc(-c2cn[nH]c2[C@H]2CCCN(Cc3ccoc3)C2)c1. The van der Waals surface area contributed by atoms with E-state index in [4.69, 9.17) is 4.42 Å². The fourth-order valence-corrected chi connectivity index (χ4v) is 3.73. The molecular weight excluding hydrogens is 298 g/mol. The van der Waals surface area contributed by atoms with Crippen LogP contribution < -0.4 is 0 Å². The average molecular weight is 321 g/mol. The average Bonchev–Trinajstić information content (AvgIpc) is 3.26. The zero-order chi connectivity index (χ0) is 16.4. The monoisotopic (exact) mass is 321 g/mol. The van der Waals surface area contributed by atoms with E-state index in [1.54, 1.807) is 6.26 Å². The number of rotatable bonds is 4. The highest BCUT2D eigenvalue weighted by atomic mass is 16.3. The Labute approximate surface area is 142 Å². The number of H-pyrrole nitrogens is 1. The first-order valence-electron chi connectivity index (χ1n) is 8.63. The third kappa shape index (κ3) is 3.15. The maximum atomic E-state index is 5.20. The van der Waals surface area contributed by atoms with Crippen molar-refractivity contribution in [2.45, 2.75) is 32.2 Å². The number of piperidine rings is 1. The van der Waals surface area contributed by atoms with Crippen LogP contribution in [-0.2, 0) is 6.54 Å². The molecule has 3 heterocycles. The van der Waals surface area contributed by atoms with Gasteiger partial charge in [0.15, 0.2) is 0 Å². The third-order valence-corrected chi connectivity index (χ3v) is 4.90. The summed E-state index contributed by atoms with van der Waals surface area (Å²) < 4.78 is 5.20. The molecule has 0 saturated carbocycles. The quantitative estimate of drug-likeness (QED) is 0.776. The summed E-state index contributed by atoms with van der Waals surface area (Å²) in [4.78, 5) is 2.51. The molecule has 4 nitrogen and oxygen atoms in total. The van der Waals surface area contributed by atoms with Gasteiger partial charge in [0, 0.05) is 35.8 Å². The Hall–Kier alpha value is -2.33. The van der Waals surface area contributed by atoms with Gasteiger partial charge >= 0.3 is 0 Å². The van der Waals surface area contributed by atoms with Gasteiger partial charge in [-0.2, -0.15) is 5.10 Å². The summed E-state index contributed by atoms with van der Waals surface area (Å²) in [5.74, 6) is 0.503. The molecule has 0 aliphatic carbocycles. The molecule has 1 aromatic carbocycles. The Morgan fingerprint density at radius 2 is 2.29 bits per heavy atom. The molecule has 0 spiro atoms. The van der Waals surface area contributed by atoms with Gasteiger partial charge in [-0.15, -0.1) is 0 Å². The zero-order valence-electron chi connectivity index (χ0n) is 14.0. The number of hydrogen-bond donors (Lipinski definition) is 1. The fourth-order valence-electron chi connectivity index (χ4n) is 3.73. The van der Waals surface area contributed by atoms with Gasteiger partial charge in [-0.1, -0.05) is 29.8 Å². The molecule has 1 N–H and O–H groups in total. The second-order valence-electron chi connectivity index (χ2n) is 6.77. The summed E-state index contributed by atoms with van der Waals surface area (Å²) in [7, 11) is 0. The van der Waals surface area contributed by atoms with Crippen LogP contribution in [-0.4, -0.2) is 28.2 Å². The van der Waals surface area contributed by atoms with E-state index in [0.717, 1.165) is 19.6 Å². The second-order valence-corrected chi connectivity index (χ2v) is 6.77. The predicted molar refractivity (Wildman–Crippen MR) is 94.7 cm³/mol. The molecule has 3 aromatic rings. The van der Waals surface area contributed by atoms with Crippen LogP contribution in [0, 0.1) is 6.92 Å². The molecule has 4 rings (SSSR count). The molecule has 2 aromatic heterocycles. The zero-order valence-corrected chi connectivity index (χ0v) is 14.0. The Kier molecular flexibility index (Phi) is 4.22. The molecule has 1 fully saturated rings. The van der Waals surface area contributed by atoms with Crippen LogP contribution in [0.5, 0.6) is 0 Å². The number of nitrogens with zero attached hydrogens (tertiary/aromatic N) is 2. The van der Waals surface area contributed by atoms with E-state index in [1.165, 1.54) is 40.8 Å². The van der Waals surface area contributed by atoms with Crippen LogP contribution in [0.1, 0.15) is 35.6 Å². The highest BCUT2D eigenvalue weighted by molar-refractivity contribution is 5.66. The standard InChI is InChI=1S/C20H23N3O/c1-15-4-2-5-17(10-15)19-11-21-22-20(19)18-6-3-8-23(13-18)12-16-7-9-24-14-16/h2,4-5,7,9-11,14,18H,3,6,8,12-13H2,1H3,(H,21,22)/t18-/m0/s1. The van der Waals surface area contributed by atoms with Crippen LogP contribution in [0.3, 0.4) is 0 Å². The number of hydrogen-bond acceptors (Lipinski definition) is 3. The summed E-state index contributed by atoms with van der Waals surface area (Å²) in [6.45, 7) is 5.30. The lowest BCUT2D eigenvalue weighted by Crippen LogP contribution is -2.34. The summed E-state index contributed by atoms with van der Waals surface area (Å²) in [5, 5.41) is 7.62. The van der Waals surface area contributed by atoms with E-state index >= 15 is 0 Å². The first kappa shape index (κ1) is 15.2. The fraction of sp³-hybridized carbons (Fsp3) is 0.350. The molecule has 124 valence electrons. The van der Waals surface area contributed by atoms with Gasteiger partial charge in [0.05, 0.1) is 18.7 Å². The van der Waals surface area contributed by atoms with Crippen molar-refractivity contribution in [1.29, 1.82) is 0 Å². The van der Waals surface area contributed by atoms with E-state index in [2.05, 4.69) is 52.4 Å². The molecule has 0 radical (unpaired) electrons. The van der Waals surface area contributed by atoms with Crippen molar-refractivity contribution in [2.75, 3.05) is 13.1 Å². The molecule has 1 aliphatic heterocycles. The van der Waals surface area contributed by atoms with Crippen molar-refractivity contribution >= 4 is 0 Å². The summed E-state index contributed by atoms with van der Waals surface area (Å²) >= 11 is 0. The lowest BCUT2D eigenvalue weighted by atomic mass is 9.90. The highest BCUT2D eigenvalue weighted by Gasteiger charge is 2.25. The Balaban J connectivity index is 1.54. The first-order chi connectivity index (χ1) is 11.8. The molecule has 0 bridgehead atoms. The predicted octanol–water partition coefficient (Wildman–Crippen LogP) is 4.36. The van der Waals surface area contributed by atoms with E-state index in [9.17, 15) is 0 Å². The third-order valence-electron chi connectivity index (χ3n) is 4.90. The van der Waals surface area contributed by atoms with Crippen LogP contribution in [0.15, 0.2) is 53.5 Å². The van der Waals surface area contributed by atoms with Crippen LogP contribution in [0.2, 0.25) is 0 Å². The van der Waals surface area contributed by atoms with Crippen molar-refractivity contribution < 1.29 is 4.42 Å². The largest absolute Gasteiger partial charge is 0.472 e. The molecular formula is C20H23N3O. The topological polar surface area (TPSA) is 45.1 Å². The maximum absolute atomic E-state index is 5.20. The molecule has 0 unspecified atom stereocenters. The van der Waals surface area contributed by atoms with Gasteiger partial charge in [-0.05, 0) is 37.9 Å². The second kappa shape index (κ2) is 6.65. The van der Waals surface area contributed by atoms with Gasteiger partial charge in [0.25, 0.3) is 0 Å². The number of aryl methyl sites for hydroxylation is 1. The van der Waals surface area contributed by atoms with Crippen molar-refractivity contribution in [3.8, 4) is 11.1 Å². The van der Waals surface area contributed by atoms with Gasteiger partial charge in [0.1, 0.15) is 0 Å². The van der Waals surface area contributed by atoms with Crippen LogP contribution >= 0.6 is 0 Å². The molecule has 1 atom stereocenters. The molecule has 0 amide bonds. The molecule has 1 saturated heterocycles. The van der Waals surface area contributed by atoms with Crippen molar-refractivity contribution in [3.63, 3.8) is 0 Å². The minimum atomic E-state index is 0.503. The number of aromatic nitrogens is 2. The van der Waals surface area contributed by atoms with Gasteiger partial charge in [-0.25, -0.2) is 0 Å². The Bertz CT molecular complexity index is 791. The molecule has 24 heavy (non-hydrogen) atoms. The molecule has 4 heteroatoms. The maximum Gasteiger partial charge on any atom is 0.0947 e. The van der Waals surface area contributed by atoms with Gasteiger partial charge in [-0.3, -0.25) is 10.00 Å². The minimum Gasteiger partial charge on any atom is -0.472 e. The number of nitrogens with one attached hydrogen (secondary N) is 1. The molecule has 1 aliphatic rings. The first-order valence-corrected chi connectivity index (χ1v) is 8.63. The van der Waals surface area contributed by atoms with E-state index < -0.39 is 0 Å². The van der Waals surface area contributed by atoms with Crippen molar-refractivity contribution in [2.24, 2.45) is 0 Å². The van der Waals surface area contributed by atoms with Crippen LogP contribution in [0.25, 0.3) is 11.1 Å². The number of aromatic amines is 1. The Morgan fingerprint density at radius 1 is 1.33 bits per heavy atom. The summed E-state index contributed by atoms with van der Waals surface area (Å²) in [6.07, 6.45) is 8.00. The smallest absolute Gasteiger partial charge is 0.0947 e. The van der Waals surface area contributed by atoms with E-state index in [1.807, 2.05) is 12.5 Å². The number of likely N-dealkylation sites (tertiary alicyclic amines) is 1. The Morgan fingerprint density at radius 3 is 3.12 bits per heavy atom. The summed E-state index contributed by atoms with van der Waals surface area (Å²) in [5.41, 5.74) is 6.31. The normalized spacial score (nSPS) is 18.8. The van der Waals surface area contributed by atoms with Gasteiger partial charge in [0.2, 0.25) is 0 Å². The lowest BCUT2D eigenvalue weighted by Gasteiger charge is -2.32. The minimum absolute atomic E-state index is 0.503. The van der Waals surface area contributed by atoms with Crippen LogP contribution in [0.4, 0.5) is 0 Å². The number of benzene rings is 1. The highest BCUT2D eigenvalue weighted by Crippen LogP contribution is 2.33. The van der Waals surface area contributed by atoms with Crippen molar-refractivity contribution in [3.05, 3.63) is 65.9 Å². The van der Waals surface area contributed by atoms with E-state index in [0.29, 0.717) is 5.92 Å². The number of furan rings is 1. The summed E-state index contributed by atoms with van der Waals surface area (Å²) in [6, 6.07) is 10.7. The lowest BCUT2D eigenvalue weighted by molar-refractivity contribution is 0.198. The van der Waals surface area contributed by atoms with E-state index in [-0.39, 0.29) is 0 Å².